The Kier molecular flexibility index (Phi) is 5.22. The van der Waals surface area contributed by atoms with Crippen LogP contribution in [-0.2, 0) is 13.6 Å². The first-order valence-electron chi connectivity index (χ1n) is 5.21. The molecule has 0 aliphatic heterocycles. The van der Waals surface area contributed by atoms with Gasteiger partial charge < -0.3 is 18.6 Å². The fourth-order valence-corrected chi connectivity index (χ4v) is 2.99. The highest BCUT2D eigenvalue weighted by molar-refractivity contribution is 7.53. The average molecular weight is 248 g/mol. The maximum atomic E-state index is 12.1. The van der Waals surface area contributed by atoms with E-state index in [1.165, 1.54) is 6.26 Å². The number of hydrogen-bond donors (Lipinski definition) is 1. The SMILES string of the molecule is CCOP(=O)(C[C@@H](O)c1ccco1)OCC. The lowest BCUT2D eigenvalue weighted by Crippen LogP contribution is -2.08. The lowest BCUT2D eigenvalue weighted by atomic mass is 10.3. The van der Waals surface area contributed by atoms with Crippen molar-refractivity contribution in [2.45, 2.75) is 20.0 Å². The molecular formula is C10H17O5P. The molecule has 16 heavy (non-hydrogen) atoms. The third-order valence-electron chi connectivity index (χ3n) is 1.92. The van der Waals surface area contributed by atoms with Crippen LogP contribution in [0, 0.1) is 0 Å². The fourth-order valence-electron chi connectivity index (χ4n) is 1.32. The van der Waals surface area contributed by atoms with Crippen molar-refractivity contribution >= 4 is 7.60 Å². The van der Waals surface area contributed by atoms with Crippen LogP contribution >= 0.6 is 7.60 Å². The Labute approximate surface area is 94.9 Å². The van der Waals surface area contributed by atoms with E-state index >= 15 is 0 Å². The van der Waals surface area contributed by atoms with E-state index in [-0.39, 0.29) is 19.4 Å². The second kappa shape index (κ2) is 6.21. The van der Waals surface area contributed by atoms with Gasteiger partial charge in [0.05, 0.1) is 25.6 Å². The Bertz CT molecular complexity index is 325. The minimum atomic E-state index is -3.23. The molecule has 0 spiro atoms. The van der Waals surface area contributed by atoms with Gasteiger partial charge in [-0.2, -0.15) is 0 Å². The highest BCUT2D eigenvalue weighted by atomic mass is 31.2. The predicted molar refractivity (Wildman–Crippen MR) is 59.4 cm³/mol. The van der Waals surface area contributed by atoms with Gasteiger partial charge in [-0.1, -0.05) is 0 Å². The zero-order valence-electron chi connectivity index (χ0n) is 9.46. The second-order valence-electron chi connectivity index (χ2n) is 3.16. The predicted octanol–water partition coefficient (Wildman–Crippen LogP) is 2.58. The van der Waals surface area contributed by atoms with E-state index in [0.717, 1.165) is 0 Å². The van der Waals surface area contributed by atoms with Crippen molar-refractivity contribution in [3.05, 3.63) is 24.2 Å². The van der Waals surface area contributed by atoms with Crippen LogP contribution in [-0.4, -0.2) is 24.5 Å². The van der Waals surface area contributed by atoms with Crippen LogP contribution in [0.4, 0.5) is 0 Å². The van der Waals surface area contributed by atoms with Gasteiger partial charge in [0, 0.05) is 0 Å². The van der Waals surface area contributed by atoms with E-state index in [9.17, 15) is 9.67 Å². The molecule has 1 aromatic heterocycles. The van der Waals surface area contributed by atoms with Crippen LogP contribution in [0.15, 0.2) is 22.8 Å². The number of aliphatic hydroxyl groups excluding tert-OH is 1. The number of hydrogen-bond acceptors (Lipinski definition) is 5. The van der Waals surface area contributed by atoms with Gasteiger partial charge >= 0.3 is 7.60 Å². The molecule has 0 aliphatic rings. The highest BCUT2D eigenvalue weighted by Gasteiger charge is 2.29. The normalized spacial score (nSPS) is 13.9. The first-order valence-corrected chi connectivity index (χ1v) is 6.93. The monoisotopic (exact) mass is 248 g/mol. The zero-order chi connectivity index (χ0) is 12.0. The summed E-state index contributed by atoms with van der Waals surface area (Å²) in [6.07, 6.45) is 0.381. The molecule has 0 aromatic carbocycles. The highest BCUT2D eigenvalue weighted by Crippen LogP contribution is 2.50. The molecule has 0 radical (unpaired) electrons. The summed E-state index contributed by atoms with van der Waals surface area (Å²) < 4.78 is 27.2. The van der Waals surface area contributed by atoms with Crippen LogP contribution < -0.4 is 0 Å². The van der Waals surface area contributed by atoms with Gasteiger partial charge in [-0.15, -0.1) is 0 Å². The van der Waals surface area contributed by atoms with E-state index in [0.29, 0.717) is 5.76 Å². The third kappa shape index (κ3) is 3.76. The quantitative estimate of drug-likeness (QED) is 0.751. The summed E-state index contributed by atoms with van der Waals surface area (Å²) >= 11 is 0. The lowest BCUT2D eigenvalue weighted by Gasteiger charge is -2.18. The lowest BCUT2D eigenvalue weighted by molar-refractivity contribution is 0.151. The van der Waals surface area contributed by atoms with Crippen molar-refractivity contribution < 1.29 is 23.1 Å². The summed E-state index contributed by atoms with van der Waals surface area (Å²) in [5.74, 6) is 0.361. The smallest absolute Gasteiger partial charge is 0.333 e. The van der Waals surface area contributed by atoms with Gasteiger partial charge in [-0.3, -0.25) is 4.57 Å². The molecule has 0 saturated carbocycles. The molecule has 1 atom stereocenters. The number of aliphatic hydroxyl groups is 1. The van der Waals surface area contributed by atoms with Crippen molar-refractivity contribution in [2.24, 2.45) is 0 Å². The molecule has 1 N–H and O–H groups in total. The topological polar surface area (TPSA) is 68.9 Å². The van der Waals surface area contributed by atoms with Crippen molar-refractivity contribution in [2.75, 3.05) is 19.4 Å². The minimum Gasteiger partial charge on any atom is -0.467 e. The van der Waals surface area contributed by atoms with E-state index in [4.69, 9.17) is 13.5 Å². The van der Waals surface area contributed by atoms with Gasteiger partial charge in [0.15, 0.2) is 0 Å². The summed E-state index contributed by atoms with van der Waals surface area (Å²) in [6, 6.07) is 3.28. The van der Waals surface area contributed by atoms with Gasteiger partial charge in [-0.25, -0.2) is 0 Å². The van der Waals surface area contributed by atoms with Crippen molar-refractivity contribution in [3.63, 3.8) is 0 Å². The fraction of sp³-hybridized carbons (Fsp3) is 0.600. The van der Waals surface area contributed by atoms with Crippen molar-refractivity contribution in [1.82, 2.24) is 0 Å². The molecule has 0 unspecified atom stereocenters. The number of furan rings is 1. The van der Waals surface area contributed by atoms with Gasteiger partial charge in [0.25, 0.3) is 0 Å². The standard InChI is InChI=1S/C10H17O5P/c1-3-14-16(12,15-4-2)8-9(11)10-6-5-7-13-10/h5-7,9,11H,3-4,8H2,1-2H3/t9-/m1/s1. The Morgan fingerprint density at radius 2 is 2.06 bits per heavy atom. The Balaban J connectivity index is 2.64. The summed E-state index contributed by atoms with van der Waals surface area (Å²) in [5, 5.41) is 9.77. The largest absolute Gasteiger partial charge is 0.467 e. The van der Waals surface area contributed by atoms with Crippen LogP contribution in [0.3, 0.4) is 0 Å². The molecule has 0 bridgehead atoms. The van der Waals surface area contributed by atoms with Crippen molar-refractivity contribution in [3.8, 4) is 0 Å². The van der Waals surface area contributed by atoms with Crippen LogP contribution in [0.2, 0.25) is 0 Å². The van der Waals surface area contributed by atoms with E-state index in [1.54, 1.807) is 26.0 Å². The molecule has 0 saturated heterocycles. The maximum Gasteiger partial charge on any atom is 0.333 e. The molecule has 1 aromatic rings. The summed E-state index contributed by atoms with van der Waals surface area (Å²) in [6.45, 7) is 4.01. The Morgan fingerprint density at radius 1 is 1.44 bits per heavy atom. The number of rotatable bonds is 7. The van der Waals surface area contributed by atoms with E-state index < -0.39 is 13.7 Å². The molecule has 6 heteroatoms. The summed E-state index contributed by atoms with van der Waals surface area (Å²) in [7, 11) is -3.23. The van der Waals surface area contributed by atoms with Crippen LogP contribution in [0.5, 0.6) is 0 Å². The van der Waals surface area contributed by atoms with Crippen LogP contribution in [0.25, 0.3) is 0 Å². The first kappa shape index (κ1) is 13.5. The van der Waals surface area contributed by atoms with Gasteiger partial charge in [0.1, 0.15) is 11.9 Å². The zero-order valence-corrected chi connectivity index (χ0v) is 10.4. The Hall–Kier alpha value is -0.610. The summed E-state index contributed by atoms with van der Waals surface area (Å²) in [4.78, 5) is 0. The molecule has 1 heterocycles. The Morgan fingerprint density at radius 3 is 2.50 bits per heavy atom. The molecule has 0 fully saturated rings. The van der Waals surface area contributed by atoms with E-state index in [2.05, 4.69) is 0 Å². The molecule has 5 nitrogen and oxygen atoms in total. The molecule has 0 amide bonds. The first-order chi connectivity index (χ1) is 7.61. The molecular weight excluding hydrogens is 231 g/mol. The van der Waals surface area contributed by atoms with Gasteiger partial charge in [0.2, 0.25) is 0 Å². The van der Waals surface area contributed by atoms with Crippen molar-refractivity contribution in [1.29, 1.82) is 0 Å². The average Bonchev–Trinajstić information content (AvgIpc) is 2.70. The third-order valence-corrected chi connectivity index (χ3v) is 4.02. The molecule has 92 valence electrons. The summed E-state index contributed by atoms with van der Waals surface area (Å²) in [5.41, 5.74) is 0. The molecule has 0 aliphatic carbocycles. The second-order valence-corrected chi connectivity index (χ2v) is 5.26. The maximum absolute atomic E-state index is 12.1. The van der Waals surface area contributed by atoms with E-state index in [1.807, 2.05) is 0 Å². The van der Waals surface area contributed by atoms with Crippen LogP contribution in [0.1, 0.15) is 25.7 Å². The van der Waals surface area contributed by atoms with Gasteiger partial charge in [-0.05, 0) is 26.0 Å². The minimum absolute atomic E-state index is 0.0950. The molecule has 1 rings (SSSR count).